The van der Waals surface area contributed by atoms with Crippen LogP contribution in [-0.2, 0) is 6.54 Å². The third-order valence-electron chi connectivity index (χ3n) is 3.56. The van der Waals surface area contributed by atoms with E-state index in [4.69, 9.17) is 4.74 Å². The van der Waals surface area contributed by atoms with Crippen molar-refractivity contribution in [2.45, 2.75) is 6.54 Å². The molecule has 1 aliphatic heterocycles. The minimum atomic E-state index is -0.525. The molecule has 0 unspecified atom stereocenters. The molecule has 1 aromatic carbocycles. The lowest BCUT2D eigenvalue weighted by molar-refractivity contribution is 0.0460. The monoisotopic (exact) mass is 290 g/mol. The van der Waals surface area contributed by atoms with E-state index in [1.807, 2.05) is 0 Å². The van der Waals surface area contributed by atoms with Crippen molar-refractivity contribution in [2.24, 2.45) is 5.92 Å². The van der Waals surface area contributed by atoms with Crippen LogP contribution < -0.4 is 4.74 Å². The molecule has 21 heavy (non-hydrogen) atoms. The Hall–Kier alpha value is -2.44. The Balaban J connectivity index is 1.59. The second kappa shape index (κ2) is 5.51. The summed E-state index contributed by atoms with van der Waals surface area (Å²) in [5.41, 5.74) is 0.340. The van der Waals surface area contributed by atoms with Gasteiger partial charge in [-0.3, -0.25) is 9.48 Å². The van der Waals surface area contributed by atoms with Gasteiger partial charge in [0.1, 0.15) is 0 Å². The number of nitrogens with zero attached hydrogens (tertiary/aromatic N) is 4. The Morgan fingerprint density at radius 2 is 2.29 bits per heavy atom. The number of halogens is 1. The lowest BCUT2D eigenvalue weighted by Crippen LogP contribution is -2.51. The van der Waals surface area contributed by atoms with E-state index in [1.165, 1.54) is 19.2 Å². The van der Waals surface area contributed by atoms with Crippen LogP contribution in [0.2, 0.25) is 0 Å². The first-order valence-corrected chi connectivity index (χ1v) is 6.64. The molecule has 7 heteroatoms. The molecule has 1 aliphatic rings. The molecule has 1 amide bonds. The SMILES string of the molecule is COc1ccc(C(=O)N2CC(Cn3ccnn3)C2)cc1F. The number of likely N-dealkylation sites (tertiary alicyclic amines) is 1. The molecule has 2 aromatic rings. The van der Waals surface area contributed by atoms with E-state index in [2.05, 4.69) is 10.3 Å². The molecule has 0 radical (unpaired) electrons. The van der Waals surface area contributed by atoms with Gasteiger partial charge in [0.05, 0.1) is 13.3 Å². The Morgan fingerprint density at radius 3 is 2.90 bits per heavy atom. The molecule has 0 N–H and O–H groups in total. The van der Waals surface area contributed by atoms with Crippen LogP contribution >= 0.6 is 0 Å². The molecule has 1 saturated heterocycles. The molecule has 0 aliphatic carbocycles. The van der Waals surface area contributed by atoms with E-state index in [-0.39, 0.29) is 11.7 Å². The number of carbonyl (C=O) groups excluding carboxylic acids is 1. The molecular weight excluding hydrogens is 275 g/mol. The van der Waals surface area contributed by atoms with Crippen LogP contribution in [0.25, 0.3) is 0 Å². The molecule has 2 heterocycles. The number of methoxy groups -OCH3 is 1. The predicted molar refractivity (Wildman–Crippen MR) is 72.4 cm³/mol. The van der Waals surface area contributed by atoms with Crippen molar-refractivity contribution in [1.82, 2.24) is 19.9 Å². The maximum absolute atomic E-state index is 13.6. The molecular formula is C14H15FN4O2. The van der Waals surface area contributed by atoms with Gasteiger partial charge in [-0.2, -0.15) is 0 Å². The highest BCUT2D eigenvalue weighted by atomic mass is 19.1. The fourth-order valence-corrected chi connectivity index (χ4v) is 2.43. The van der Waals surface area contributed by atoms with Crippen LogP contribution in [0.4, 0.5) is 4.39 Å². The third kappa shape index (κ3) is 2.72. The smallest absolute Gasteiger partial charge is 0.253 e. The van der Waals surface area contributed by atoms with Crippen molar-refractivity contribution in [3.63, 3.8) is 0 Å². The van der Waals surface area contributed by atoms with E-state index < -0.39 is 5.82 Å². The zero-order valence-corrected chi connectivity index (χ0v) is 11.6. The van der Waals surface area contributed by atoms with Crippen molar-refractivity contribution in [3.05, 3.63) is 42.0 Å². The summed E-state index contributed by atoms with van der Waals surface area (Å²) in [6, 6.07) is 4.26. The average Bonchev–Trinajstić information content (AvgIpc) is 2.94. The largest absolute Gasteiger partial charge is 0.494 e. The Bertz CT molecular complexity index is 638. The van der Waals surface area contributed by atoms with Gasteiger partial charge in [0, 0.05) is 37.3 Å². The van der Waals surface area contributed by atoms with Crippen molar-refractivity contribution in [2.75, 3.05) is 20.2 Å². The van der Waals surface area contributed by atoms with Crippen LogP contribution in [0.1, 0.15) is 10.4 Å². The number of hydrogen-bond acceptors (Lipinski definition) is 4. The molecule has 1 fully saturated rings. The highest BCUT2D eigenvalue weighted by Gasteiger charge is 2.31. The summed E-state index contributed by atoms with van der Waals surface area (Å²) < 4.78 is 20.2. The summed E-state index contributed by atoms with van der Waals surface area (Å²) in [6.45, 7) is 2.03. The molecule has 0 bridgehead atoms. The molecule has 0 atom stereocenters. The molecule has 0 saturated carbocycles. The predicted octanol–water partition coefficient (Wildman–Crippen LogP) is 1.20. The Kier molecular flexibility index (Phi) is 3.55. The number of carbonyl (C=O) groups is 1. The first kappa shape index (κ1) is 13.5. The zero-order valence-electron chi connectivity index (χ0n) is 11.6. The molecule has 1 aromatic heterocycles. The van der Waals surface area contributed by atoms with Gasteiger partial charge >= 0.3 is 0 Å². The van der Waals surface area contributed by atoms with Crippen molar-refractivity contribution < 1.29 is 13.9 Å². The topological polar surface area (TPSA) is 60.2 Å². The first-order chi connectivity index (χ1) is 10.2. The Labute approximate surface area is 121 Å². The lowest BCUT2D eigenvalue weighted by atomic mass is 9.99. The van der Waals surface area contributed by atoms with Gasteiger partial charge < -0.3 is 9.64 Å². The first-order valence-electron chi connectivity index (χ1n) is 6.64. The minimum Gasteiger partial charge on any atom is -0.494 e. The van der Waals surface area contributed by atoms with Gasteiger partial charge in [-0.15, -0.1) is 5.10 Å². The normalized spacial score (nSPS) is 14.9. The highest BCUT2D eigenvalue weighted by Crippen LogP contribution is 2.23. The van der Waals surface area contributed by atoms with E-state index >= 15 is 0 Å². The fraction of sp³-hybridized carbons (Fsp3) is 0.357. The van der Waals surface area contributed by atoms with Crippen LogP contribution in [0.3, 0.4) is 0 Å². The summed E-state index contributed by atoms with van der Waals surface area (Å²) in [6.07, 6.45) is 3.42. The quantitative estimate of drug-likeness (QED) is 0.849. The highest BCUT2D eigenvalue weighted by molar-refractivity contribution is 5.94. The van der Waals surface area contributed by atoms with Crippen LogP contribution in [-0.4, -0.2) is 46.0 Å². The second-order valence-electron chi connectivity index (χ2n) is 5.05. The summed E-state index contributed by atoms with van der Waals surface area (Å²) >= 11 is 0. The number of ether oxygens (including phenoxy) is 1. The van der Waals surface area contributed by atoms with Gasteiger partial charge in [-0.25, -0.2) is 4.39 Å². The van der Waals surface area contributed by atoms with Gasteiger partial charge in [-0.05, 0) is 18.2 Å². The van der Waals surface area contributed by atoms with Crippen molar-refractivity contribution >= 4 is 5.91 Å². The second-order valence-corrected chi connectivity index (χ2v) is 5.05. The average molecular weight is 290 g/mol. The third-order valence-corrected chi connectivity index (χ3v) is 3.56. The zero-order chi connectivity index (χ0) is 14.8. The van der Waals surface area contributed by atoms with Crippen molar-refractivity contribution in [3.8, 4) is 5.75 Å². The maximum atomic E-state index is 13.6. The molecule has 0 spiro atoms. The molecule has 110 valence electrons. The standard InChI is InChI=1S/C14H15FN4O2/c1-21-13-3-2-11(6-12(13)15)14(20)18-7-10(8-18)9-19-5-4-16-17-19/h2-6,10H,7-9H2,1H3. The summed E-state index contributed by atoms with van der Waals surface area (Å²) in [5.74, 6) is -0.188. The van der Waals surface area contributed by atoms with Crippen LogP contribution in [0, 0.1) is 11.7 Å². The number of benzene rings is 1. The fourth-order valence-electron chi connectivity index (χ4n) is 2.43. The van der Waals surface area contributed by atoms with E-state index in [1.54, 1.807) is 28.0 Å². The molecule has 6 nitrogen and oxygen atoms in total. The minimum absolute atomic E-state index is 0.138. The van der Waals surface area contributed by atoms with Crippen LogP contribution in [0.15, 0.2) is 30.6 Å². The number of aromatic nitrogens is 3. The number of rotatable bonds is 4. The Morgan fingerprint density at radius 1 is 1.48 bits per heavy atom. The lowest BCUT2D eigenvalue weighted by Gasteiger charge is -2.39. The van der Waals surface area contributed by atoms with Crippen LogP contribution in [0.5, 0.6) is 5.75 Å². The van der Waals surface area contributed by atoms with E-state index in [0.717, 1.165) is 6.54 Å². The van der Waals surface area contributed by atoms with Gasteiger partial charge in [0.25, 0.3) is 5.91 Å². The van der Waals surface area contributed by atoms with Gasteiger partial charge in [0.2, 0.25) is 0 Å². The number of hydrogen-bond donors (Lipinski definition) is 0. The summed E-state index contributed by atoms with van der Waals surface area (Å²) in [5, 5.41) is 7.64. The number of amides is 1. The van der Waals surface area contributed by atoms with E-state index in [0.29, 0.717) is 24.6 Å². The summed E-state index contributed by atoms with van der Waals surface area (Å²) in [7, 11) is 1.39. The molecule has 3 rings (SSSR count). The van der Waals surface area contributed by atoms with E-state index in [9.17, 15) is 9.18 Å². The maximum Gasteiger partial charge on any atom is 0.253 e. The van der Waals surface area contributed by atoms with Crippen molar-refractivity contribution in [1.29, 1.82) is 0 Å². The van der Waals surface area contributed by atoms with Gasteiger partial charge in [-0.1, -0.05) is 5.21 Å². The summed E-state index contributed by atoms with van der Waals surface area (Å²) in [4.78, 5) is 13.9. The van der Waals surface area contributed by atoms with Gasteiger partial charge in [0.15, 0.2) is 11.6 Å².